The van der Waals surface area contributed by atoms with Crippen LogP contribution >= 0.6 is 0 Å². The second-order valence-electron chi connectivity index (χ2n) is 4.96. The third kappa shape index (κ3) is 3.25. The van der Waals surface area contributed by atoms with E-state index in [4.69, 9.17) is 5.73 Å². The summed E-state index contributed by atoms with van der Waals surface area (Å²) in [5.74, 6) is 1.25. The molecule has 0 aliphatic heterocycles. The standard InChI is InChI=1S/C14H28N4/c1-6-9-18(8-3)14-13(10-12(15)7-2)11(4)16-17(14)5/h12H,6-10,15H2,1-5H3. The van der Waals surface area contributed by atoms with Crippen LogP contribution in [0.2, 0.25) is 0 Å². The van der Waals surface area contributed by atoms with E-state index in [-0.39, 0.29) is 6.04 Å². The molecule has 0 aromatic carbocycles. The van der Waals surface area contributed by atoms with E-state index in [9.17, 15) is 0 Å². The third-order valence-electron chi connectivity index (χ3n) is 3.48. The maximum Gasteiger partial charge on any atom is 0.130 e. The average molecular weight is 252 g/mol. The molecule has 0 radical (unpaired) electrons. The van der Waals surface area contributed by atoms with Crippen molar-refractivity contribution in [2.24, 2.45) is 12.8 Å². The summed E-state index contributed by atoms with van der Waals surface area (Å²) in [5.41, 5.74) is 8.55. The molecule has 0 fully saturated rings. The summed E-state index contributed by atoms with van der Waals surface area (Å²) in [6, 6.07) is 0.229. The monoisotopic (exact) mass is 252 g/mol. The highest BCUT2D eigenvalue weighted by Crippen LogP contribution is 2.25. The lowest BCUT2D eigenvalue weighted by Gasteiger charge is -2.24. The van der Waals surface area contributed by atoms with Crippen LogP contribution in [0.4, 0.5) is 5.82 Å². The van der Waals surface area contributed by atoms with Crippen LogP contribution in [0.25, 0.3) is 0 Å². The number of aryl methyl sites for hydroxylation is 2. The van der Waals surface area contributed by atoms with Crippen LogP contribution in [0, 0.1) is 6.92 Å². The average Bonchev–Trinajstić information content (AvgIpc) is 2.61. The van der Waals surface area contributed by atoms with Crippen LogP contribution in [0.3, 0.4) is 0 Å². The first-order chi connectivity index (χ1) is 8.54. The van der Waals surface area contributed by atoms with E-state index < -0.39 is 0 Å². The van der Waals surface area contributed by atoms with E-state index in [1.54, 1.807) is 0 Å². The van der Waals surface area contributed by atoms with Crippen molar-refractivity contribution in [3.05, 3.63) is 11.3 Å². The Bertz CT molecular complexity index is 370. The lowest BCUT2D eigenvalue weighted by Crippen LogP contribution is -2.28. The quantitative estimate of drug-likeness (QED) is 0.809. The van der Waals surface area contributed by atoms with Crippen LogP contribution < -0.4 is 10.6 Å². The van der Waals surface area contributed by atoms with Crippen molar-refractivity contribution in [1.29, 1.82) is 0 Å². The minimum Gasteiger partial charge on any atom is -0.357 e. The van der Waals surface area contributed by atoms with Gasteiger partial charge >= 0.3 is 0 Å². The Morgan fingerprint density at radius 3 is 2.50 bits per heavy atom. The minimum atomic E-state index is 0.229. The van der Waals surface area contributed by atoms with Gasteiger partial charge in [0.25, 0.3) is 0 Å². The maximum atomic E-state index is 6.11. The topological polar surface area (TPSA) is 47.1 Å². The number of nitrogens with two attached hydrogens (primary N) is 1. The molecule has 2 N–H and O–H groups in total. The van der Waals surface area contributed by atoms with Crippen molar-refractivity contribution in [2.75, 3.05) is 18.0 Å². The van der Waals surface area contributed by atoms with Gasteiger partial charge in [-0.05, 0) is 33.1 Å². The van der Waals surface area contributed by atoms with E-state index >= 15 is 0 Å². The zero-order valence-electron chi connectivity index (χ0n) is 12.5. The molecule has 0 saturated carbocycles. The molecule has 4 heteroatoms. The molecule has 1 rings (SSSR count). The Morgan fingerprint density at radius 1 is 1.33 bits per heavy atom. The minimum absolute atomic E-state index is 0.229. The van der Waals surface area contributed by atoms with E-state index in [1.807, 2.05) is 11.7 Å². The molecule has 4 nitrogen and oxygen atoms in total. The molecule has 18 heavy (non-hydrogen) atoms. The van der Waals surface area contributed by atoms with Gasteiger partial charge in [0.05, 0.1) is 5.69 Å². The van der Waals surface area contributed by atoms with Gasteiger partial charge in [0, 0.05) is 31.7 Å². The molecule has 1 aromatic heterocycles. The van der Waals surface area contributed by atoms with Crippen molar-refractivity contribution < 1.29 is 0 Å². The second-order valence-corrected chi connectivity index (χ2v) is 4.96. The molecule has 1 unspecified atom stereocenters. The normalized spacial score (nSPS) is 12.8. The van der Waals surface area contributed by atoms with Crippen molar-refractivity contribution >= 4 is 5.82 Å². The lowest BCUT2D eigenvalue weighted by atomic mass is 10.0. The lowest BCUT2D eigenvalue weighted by molar-refractivity contribution is 0.639. The number of hydrogen-bond donors (Lipinski definition) is 1. The van der Waals surface area contributed by atoms with E-state index in [1.165, 1.54) is 11.4 Å². The van der Waals surface area contributed by atoms with Crippen LogP contribution in [-0.2, 0) is 13.5 Å². The fourth-order valence-corrected chi connectivity index (χ4v) is 2.41. The molecule has 0 spiro atoms. The number of nitrogens with zero attached hydrogens (tertiary/aromatic N) is 3. The van der Waals surface area contributed by atoms with Crippen molar-refractivity contribution in [2.45, 2.75) is 53.0 Å². The molecule has 0 aliphatic rings. The van der Waals surface area contributed by atoms with Gasteiger partial charge in [-0.15, -0.1) is 0 Å². The van der Waals surface area contributed by atoms with Gasteiger partial charge in [0.1, 0.15) is 5.82 Å². The molecule has 1 heterocycles. The molecule has 0 amide bonds. The highest BCUT2D eigenvalue weighted by molar-refractivity contribution is 5.50. The van der Waals surface area contributed by atoms with E-state index in [0.717, 1.165) is 38.0 Å². The summed E-state index contributed by atoms with van der Waals surface area (Å²) in [6.07, 6.45) is 3.08. The molecular weight excluding hydrogens is 224 g/mol. The van der Waals surface area contributed by atoms with Crippen molar-refractivity contribution in [3.63, 3.8) is 0 Å². The molecule has 0 bridgehead atoms. The zero-order chi connectivity index (χ0) is 13.7. The molecule has 1 aromatic rings. The second kappa shape index (κ2) is 6.78. The van der Waals surface area contributed by atoms with Crippen LogP contribution in [0.5, 0.6) is 0 Å². The van der Waals surface area contributed by atoms with E-state index in [0.29, 0.717) is 0 Å². The summed E-state index contributed by atoms with van der Waals surface area (Å²) in [4.78, 5) is 2.40. The maximum absolute atomic E-state index is 6.11. The van der Waals surface area contributed by atoms with Gasteiger partial charge in [-0.2, -0.15) is 5.10 Å². The van der Waals surface area contributed by atoms with Gasteiger partial charge in [0.2, 0.25) is 0 Å². The Balaban J connectivity index is 3.07. The van der Waals surface area contributed by atoms with Gasteiger partial charge in [-0.1, -0.05) is 13.8 Å². The number of hydrogen-bond acceptors (Lipinski definition) is 3. The Labute approximate surface area is 111 Å². The molecule has 0 saturated heterocycles. The Kier molecular flexibility index (Phi) is 5.66. The first kappa shape index (κ1) is 15.0. The van der Waals surface area contributed by atoms with Gasteiger partial charge in [-0.3, -0.25) is 4.68 Å². The fourth-order valence-electron chi connectivity index (χ4n) is 2.41. The molecule has 1 atom stereocenters. The Morgan fingerprint density at radius 2 is 2.00 bits per heavy atom. The van der Waals surface area contributed by atoms with Gasteiger partial charge in [-0.25, -0.2) is 0 Å². The number of aromatic nitrogens is 2. The van der Waals surface area contributed by atoms with Crippen LogP contribution in [-0.4, -0.2) is 28.9 Å². The summed E-state index contributed by atoms with van der Waals surface area (Å²) in [5, 5.41) is 4.57. The number of anilines is 1. The summed E-state index contributed by atoms with van der Waals surface area (Å²) >= 11 is 0. The van der Waals surface area contributed by atoms with Gasteiger partial charge in [0.15, 0.2) is 0 Å². The summed E-state index contributed by atoms with van der Waals surface area (Å²) in [7, 11) is 2.03. The van der Waals surface area contributed by atoms with E-state index in [2.05, 4.69) is 37.7 Å². The summed E-state index contributed by atoms with van der Waals surface area (Å²) < 4.78 is 2.01. The third-order valence-corrected chi connectivity index (χ3v) is 3.48. The predicted octanol–water partition coefficient (Wildman–Crippen LogP) is 2.24. The van der Waals surface area contributed by atoms with Gasteiger partial charge < -0.3 is 10.6 Å². The molecule has 104 valence electrons. The zero-order valence-corrected chi connectivity index (χ0v) is 12.5. The highest BCUT2D eigenvalue weighted by Gasteiger charge is 2.19. The number of rotatable bonds is 7. The smallest absolute Gasteiger partial charge is 0.130 e. The van der Waals surface area contributed by atoms with Crippen LogP contribution in [0.1, 0.15) is 44.9 Å². The summed E-state index contributed by atoms with van der Waals surface area (Å²) in [6.45, 7) is 10.7. The van der Waals surface area contributed by atoms with Crippen molar-refractivity contribution in [3.8, 4) is 0 Å². The fraction of sp³-hybridized carbons (Fsp3) is 0.786. The van der Waals surface area contributed by atoms with Crippen LogP contribution in [0.15, 0.2) is 0 Å². The Hall–Kier alpha value is -1.03. The first-order valence-corrected chi connectivity index (χ1v) is 7.08. The predicted molar refractivity (Wildman–Crippen MR) is 78.1 cm³/mol. The SMILES string of the molecule is CCCN(CC)c1c(CC(N)CC)c(C)nn1C. The highest BCUT2D eigenvalue weighted by atomic mass is 15.4. The molecular formula is C14H28N4. The first-order valence-electron chi connectivity index (χ1n) is 7.08. The largest absolute Gasteiger partial charge is 0.357 e. The molecule has 0 aliphatic carbocycles. The van der Waals surface area contributed by atoms with Crippen molar-refractivity contribution in [1.82, 2.24) is 9.78 Å².